The minimum Gasteiger partial charge on any atom is -0.353 e. The Morgan fingerprint density at radius 1 is 1.00 bits per heavy atom. The average Bonchev–Trinajstić information content (AvgIpc) is 3.70. The van der Waals surface area contributed by atoms with Gasteiger partial charge in [0, 0.05) is 60.4 Å². The molecule has 44 heavy (non-hydrogen) atoms. The number of nitriles is 2. The van der Waals surface area contributed by atoms with Crippen LogP contribution in [0.5, 0.6) is 0 Å². The number of H-pyrrole nitrogens is 1. The molecular formula is C35H36N8O. The van der Waals surface area contributed by atoms with Crippen LogP contribution in [-0.2, 0) is 13.6 Å². The summed E-state index contributed by atoms with van der Waals surface area (Å²) in [4.78, 5) is 29.2. The topological polar surface area (TPSA) is 119 Å². The van der Waals surface area contributed by atoms with E-state index in [-0.39, 0.29) is 5.56 Å². The van der Waals surface area contributed by atoms with Crippen molar-refractivity contribution in [2.24, 2.45) is 7.05 Å². The third-order valence-corrected chi connectivity index (χ3v) is 8.41. The lowest BCUT2D eigenvalue weighted by atomic mass is 9.96. The van der Waals surface area contributed by atoms with Crippen LogP contribution in [0, 0.1) is 22.7 Å². The zero-order valence-electron chi connectivity index (χ0n) is 25.5. The minimum atomic E-state index is -0.232. The number of aromatic amines is 1. The molecule has 0 radical (unpaired) electrons. The molecule has 1 saturated carbocycles. The molecule has 5 aromatic rings. The monoisotopic (exact) mass is 584 g/mol. The molecule has 1 aliphatic carbocycles. The fourth-order valence-electron chi connectivity index (χ4n) is 6.05. The molecule has 2 aliphatic rings. The van der Waals surface area contributed by atoms with E-state index in [2.05, 4.69) is 33.1 Å². The zero-order valence-corrected chi connectivity index (χ0v) is 25.5. The first-order valence-corrected chi connectivity index (χ1v) is 15.5. The third kappa shape index (κ3) is 5.55. The maximum atomic E-state index is 13.9. The molecule has 1 aliphatic heterocycles. The highest BCUT2D eigenvalue weighted by Crippen LogP contribution is 2.42. The first-order chi connectivity index (χ1) is 21.5. The van der Waals surface area contributed by atoms with E-state index in [1.54, 1.807) is 18.5 Å². The highest BCUT2D eigenvalue weighted by atomic mass is 16.1. The number of imidazole rings is 1. The van der Waals surface area contributed by atoms with Crippen molar-refractivity contribution in [2.45, 2.75) is 58.4 Å². The molecular weight excluding hydrogens is 548 g/mol. The number of likely N-dealkylation sites (tertiary alicyclic amines) is 1. The summed E-state index contributed by atoms with van der Waals surface area (Å²) in [5, 5.41) is 20.3. The lowest BCUT2D eigenvalue weighted by molar-refractivity contribution is 0.219. The van der Waals surface area contributed by atoms with Gasteiger partial charge in [0.1, 0.15) is 23.2 Å². The number of aromatic nitrogens is 5. The number of pyridine rings is 2. The Labute approximate surface area is 257 Å². The first-order valence-electron chi connectivity index (χ1n) is 15.5. The summed E-state index contributed by atoms with van der Waals surface area (Å²) in [5.41, 5.74) is 5.62. The van der Waals surface area contributed by atoms with Gasteiger partial charge in [-0.1, -0.05) is 26.3 Å². The van der Waals surface area contributed by atoms with E-state index in [9.17, 15) is 15.3 Å². The molecule has 0 spiro atoms. The molecule has 0 atom stereocenters. The molecule has 7 rings (SSSR count). The molecule has 2 fully saturated rings. The molecule has 5 heterocycles. The predicted molar refractivity (Wildman–Crippen MR) is 171 cm³/mol. The van der Waals surface area contributed by atoms with Crippen molar-refractivity contribution in [3.8, 4) is 40.5 Å². The van der Waals surface area contributed by atoms with E-state index >= 15 is 0 Å². The molecule has 1 N–H and O–H groups in total. The van der Waals surface area contributed by atoms with Gasteiger partial charge in [0.05, 0.1) is 17.2 Å². The van der Waals surface area contributed by atoms with Gasteiger partial charge in [0.2, 0.25) is 0 Å². The molecule has 1 saturated heterocycles. The van der Waals surface area contributed by atoms with Crippen molar-refractivity contribution < 1.29 is 0 Å². The summed E-state index contributed by atoms with van der Waals surface area (Å²) in [7, 11) is 1.92. The molecule has 4 aromatic heterocycles. The van der Waals surface area contributed by atoms with E-state index in [0.29, 0.717) is 33.8 Å². The normalized spacial score (nSPS) is 14.9. The van der Waals surface area contributed by atoms with Crippen molar-refractivity contribution >= 4 is 10.9 Å². The van der Waals surface area contributed by atoms with Crippen LogP contribution in [0.3, 0.4) is 0 Å². The summed E-state index contributed by atoms with van der Waals surface area (Å²) < 4.78 is 3.43. The molecule has 0 unspecified atom stereocenters. The second-order valence-electron chi connectivity index (χ2n) is 11.4. The summed E-state index contributed by atoms with van der Waals surface area (Å²) in [5.74, 6) is 1.54. The fourth-order valence-corrected chi connectivity index (χ4v) is 6.05. The van der Waals surface area contributed by atoms with Crippen molar-refractivity contribution in [3.05, 3.63) is 87.9 Å². The second kappa shape index (κ2) is 12.3. The third-order valence-electron chi connectivity index (χ3n) is 8.41. The van der Waals surface area contributed by atoms with Gasteiger partial charge in [-0.25, -0.2) is 9.97 Å². The number of nitrogens with one attached hydrogen (secondary N) is 1. The Bertz CT molecular complexity index is 1970. The number of rotatable bonds is 6. The standard InChI is InChI=1S/C33H30N8O.C2H6/c1-39-12-9-36-32(39)28-13-21(17-34)5-8-26(28)23-14-29(22-6-7-22)38-30(15-23)41-19-24(18-35)27-16-25(37-31(27)33(41)42)20-40-10-3-2-4-11-40;1-2/h5,8-9,12-16,19,22,37H,2-4,6-7,10-11,20H2,1H3;1-2H3. The van der Waals surface area contributed by atoms with Crippen molar-refractivity contribution in [1.82, 2.24) is 29.0 Å². The molecule has 222 valence electrons. The van der Waals surface area contributed by atoms with Crippen LogP contribution in [0.2, 0.25) is 0 Å². The smallest absolute Gasteiger partial charge is 0.280 e. The molecule has 0 bridgehead atoms. The van der Waals surface area contributed by atoms with E-state index in [4.69, 9.17) is 4.98 Å². The van der Waals surface area contributed by atoms with Gasteiger partial charge in [0.25, 0.3) is 5.56 Å². The maximum absolute atomic E-state index is 13.9. The van der Waals surface area contributed by atoms with Crippen molar-refractivity contribution in [1.29, 1.82) is 10.5 Å². The predicted octanol–water partition coefficient (Wildman–Crippen LogP) is 6.41. The fraction of sp³-hybridized carbons (Fsp3) is 0.343. The van der Waals surface area contributed by atoms with E-state index in [0.717, 1.165) is 66.4 Å². The molecule has 0 amide bonds. The lowest BCUT2D eigenvalue weighted by Crippen LogP contribution is -2.29. The summed E-state index contributed by atoms with van der Waals surface area (Å²) in [6.07, 6.45) is 10.9. The molecule has 9 nitrogen and oxygen atoms in total. The molecule has 1 aromatic carbocycles. The van der Waals surface area contributed by atoms with Crippen LogP contribution in [-0.4, -0.2) is 42.1 Å². The first kappa shape index (κ1) is 29.1. The number of piperidine rings is 1. The van der Waals surface area contributed by atoms with Gasteiger partial charge in [-0.15, -0.1) is 0 Å². The van der Waals surface area contributed by atoms with Crippen LogP contribution in [0.1, 0.15) is 74.4 Å². The number of benzene rings is 1. The largest absolute Gasteiger partial charge is 0.353 e. The maximum Gasteiger partial charge on any atom is 0.280 e. The number of fused-ring (bicyclic) bond motifs is 1. The molecule has 9 heteroatoms. The highest BCUT2D eigenvalue weighted by molar-refractivity contribution is 5.86. The minimum absolute atomic E-state index is 0.232. The van der Waals surface area contributed by atoms with Gasteiger partial charge < -0.3 is 9.55 Å². The van der Waals surface area contributed by atoms with Crippen LogP contribution >= 0.6 is 0 Å². The van der Waals surface area contributed by atoms with Gasteiger partial charge in [-0.05, 0) is 80.2 Å². The van der Waals surface area contributed by atoms with Crippen LogP contribution in [0.15, 0.2) is 59.8 Å². The summed E-state index contributed by atoms with van der Waals surface area (Å²) in [6, 6.07) is 16.0. The Morgan fingerprint density at radius 3 is 2.48 bits per heavy atom. The summed E-state index contributed by atoms with van der Waals surface area (Å²) >= 11 is 0. The Hall–Kier alpha value is -4.99. The Morgan fingerprint density at radius 2 is 1.80 bits per heavy atom. The van der Waals surface area contributed by atoms with Crippen LogP contribution in [0.4, 0.5) is 0 Å². The number of hydrogen-bond acceptors (Lipinski definition) is 6. The number of hydrogen-bond donors (Lipinski definition) is 1. The average molecular weight is 585 g/mol. The van der Waals surface area contributed by atoms with E-state index in [1.807, 2.05) is 55.9 Å². The van der Waals surface area contributed by atoms with Gasteiger partial charge in [-0.3, -0.25) is 14.3 Å². The van der Waals surface area contributed by atoms with Gasteiger partial charge in [-0.2, -0.15) is 10.5 Å². The van der Waals surface area contributed by atoms with Gasteiger partial charge >= 0.3 is 0 Å². The Balaban J connectivity index is 0.00000168. The van der Waals surface area contributed by atoms with E-state index in [1.165, 1.54) is 23.8 Å². The van der Waals surface area contributed by atoms with Crippen LogP contribution in [0.25, 0.3) is 39.2 Å². The lowest BCUT2D eigenvalue weighted by Gasteiger charge is -2.25. The summed E-state index contributed by atoms with van der Waals surface area (Å²) in [6.45, 7) is 6.81. The zero-order chi connectivity index (χ0) is 30.8. The van der Waals surface area contributed by atoms with Crippen molar-refractivity contribution in [3.63, 3.8) is 0 Å². The van der Waals surface area contributed by atoms with Crippen molar-refractivity contribution in [2.75, 3.05) is 13.1 Å². The number of aryl methyl sites for hydroxylation is 1. The SMILES string of the molecule is CC.Cn1ccnc1-c1cc(C#N)ccc1-c1cc(C2CC2)nc(-n2cc(C#N)c3cc(CN4CCCCC4)[nH]c3c2=O)c1. The Kier molecular flexibility index (Phi) is 8.15. The quantitative estimate of drug-likeness (QED) is 0.246. The number of nitrogens with zero attached hydrogens (tertiary/aromatic N) is 7. The van der Waals surface area contributed by atoms with E-state index < -0.39 is 0 Å². The van der Waals surface area contributed by atoms with Gasteiger partial charge in [0.15, 0.2) is 0 Å². The second-order valence-corrected chi connectivity index (χ2v) is 11.4. The highest BCUT2D eigenvalue weighted by Gasteiger charge is 2.27. The van der Waals surface area contributed by atoms with Crippen LogP contribution < -0.4 is 5.56 Å².